The first-order valence-corrected chi connectivity index (χ1v) is 10.00. The molecule has 0 aliphatic heterocycles. The van der Waals surface area contributed by atoms with E-state index < -0.39 is 10.0 Å². The summed E-state index contributed by atoms with van der Waals surface area (Å²) < 4.78 is 32.5. The molecule has 5 nitrogen and oxygen atoms in total. The summed E-state index contributed by atoms with van der Waals surface area (Å²) in [5.74, 6) is 0.454. The predicted molar refractivity (Wildman–Crippen MR) is 106 cm³/mol. The molecule has 0 saturated carbocycles. The van der Waals surface area contributed by atoms with Gasteiger partial charge in [0, 0.05) is 24.2 Å². The first-order valence-electron chi connectivity index (χ1n) is 8.45. The number of ether oxygens (including phenoxy) is 1. The number of aromatic nitrogens is 1. The van der Waals surface area contributed by atoms with Crippen LogP contribution in [-0.2, 0) is 23.2 Å². The molecule has 0 saturated heterocycles. The molecule has 0 radical (unpaired) electrons. The molecule has 138 valence electrons. The highest BCUT2D eigenvalue weighted by Gasteiger charge is 2.06. The smallest absolute Gasteiger partial charge is 0.234 e. The lowest BCUT2D eigenvalue weighted by Crippen LogP contribution is -2.20. The number of hydrogen-bond donors (Lipinski definition) is 1. The second-order valence-corrected chi connectivity index (χ2v) is 7.51. The number of pyridine rings is 1. The molecule has 0 spiro atoms. The summed E-state index contributed by atoms with van der Waals surface area (Å²) in [7, 11) is -3.54. The summed E-state index contributed by atoms with van der Waals surface area (Å²) in [6.45, 7) is 0.564. The van der Waals surface area contributed by atoms with E-state index in [0.29, 0.717) is 12.5 Å². The van der Waals surface area contributed by atoms with E-state index in [-0.39, 0.29) is 6.54 Å². The van der Waals surface area contributed by atoms with Crippen LogP contribution in [0.4, 0.5) is 0 Å². The number of hydrogen-bond acceptors (Lipinski definition) is 4. The second-order valence-electron chi connectivity index (χ2n) is 5.86. The second kappa shape index (κ2) is 9.12. The minimum atomic E-state index is -3.54. The van der Waals surface area contributed by atoms with Gasteiger partial charge in [-0.25, -0.2) is 18.1 Å². The Hall–Kier alpha value is -2.96. The van der Waals surface area contributed by atoms with Gasteiger partial charge >= 0.3 is 0 Å². The van der Waals surface area contributed by atoms with Gasteiger partial charge in [0.2, 0.25) is 15.9 Å². The zero-order valence-electron chi connectivity index (χ0n) is 14.7. The quantitative estimate of drug-likeness (QED) is 0.646. The Balaban J connectivity index is 1.56. The van der Waals surface area contributed by atoms with Gasteiger partial charge in [-0.3, -0.25) is 0 Å². The molecule has 0 atom stereocenters. The average Bonchev–Trinajstić information content (AvgIpc) is 2.71. The zero-order valence-corrected chi connectivity index (χ0v) is 15.5. The lowest BCUT2D eigenvalue weighted by atomic mass is 10.2. The van der Waals surface area contributed by atoms with E-state index in [0.717, 1.165) is 22.1 Å². The van der Waals surface area contributed by atoms with Crippen molar-refractivity contribution in [2.45, 2.75) is 13.2 Å². The molecule has 3 aromatic rings. The largest absolute Gasteiger partial charge is 0.473 e. The molecule has 2 aromatic carbocycles. The van der Waals surface area contributed by atoms with Crippen LogP contribution in [0.5, 0.6) is 5.88 Å². The number of rotatable bonds is 8. The number of benzene rings is 2. The molecule has 0 amide bonds. The molecule has 1 heterocycles. The fourth-order valence-electron chi connectivity index (χ4n) is 2.34. The van der Waals surface area contributed by atoms with Gasteiger partial charge < -0.3 is 4.74 Å². The van der Waals surface area contributed by atoms with Gasteiger partial charge in [-0.2, -0.15) is 0 Å². The summed E-state index contributed by atoms with van der Waals surface area (Å²) in [4.78, 5) is 4.16. The Morgan fingerprint density at radius 3 is 2.37 bits per heavy atom. The van der Waals surface area contributed by atoms with Crippen molar-refractivity contribution in [3.05, 3.63) is 101 Å². The fourth-order valence-corrected chi connectivity index (χ4v) is 3.14. The molecule has 27 heavy (non-hydrogen) atoms. The highest BCUT2D eigenvalue weighted by Crippen LogP contribution is 2.12. The van der Waals surface area contributed by atoms with Crippen LogP contribution in [0.15, 0.2) is 84.4 Å². The van der Waals surface area contributed by atoms with Crippen LogP contribution in [0.1, 0.15) is 16.7 Å². The Kier molecular flexibility index (Phi) is 6.35. The molecule has 0 fully saturated rings. The van der Waals surface area contributed by atoms with Crippen LogP contribution in [0, 0.1) is 0 Å². The minimum Gasteiger partial charge on any atom is -0.473 e. The highest BCUT2D eigenvalue weighted by atomic mass is 32.2. The number of nitrogens with zero attached hydrogens (tertiary/aromatic N) is 1. The van der Waals surface area contributed by atoms with Gasteiger partial charge in [-0.1, -0.05) is 60.7 Å². The van der Waals surface area contributed by atoms with Gasteiger partial charge in [-0.15, -0.1) is 0 Å². The van der Waals surface area contributed by atoms with Crippen molar-refractivity contribution in [3.8, 4) is 5.88 Å². The van der Waals surface area contributed by atoms with Crippen molar-refractivity contribution in [1.82, 2.24) is 9.71 Å². The van der Waals surface area contributed by atoms with Crippen LogP contribution in [0.2, 0.25) is 0 Å². The first kappa shape index (κ1) is 18.8. The van der Waals surface area contributed by atoms with Gasteiger partial charge in [0.1, 0.15) is 6.61 Å². The third-order valence-electron chi connectivity index (χ3n) is 3.75. The van der Waals surface area contributed by atoms with E-state index in [9.17, 15) is 8.42 Å². The number of sulfonamides is 1. The summed E-state index contributed by atoms with van der Waals surface area (Å²) in [5.41, 5.74) is 2.63. The van der Waals surface area contributed by atoms with Crippen molar-refractivity contribution >= 4 is 16.1 Å². The molecule has 0 bridgehead atoms. The van der Waals surface area contributed by atoms with E-state index in [1.54, 1.807) is 24.4 Å². The van der Waals surface area contributed by atoms with Crippen molar-refractivity contribution in [2.75, 3.05) is 0 Å². The fraction of sp³-hybridized carbons (Fsp3) is 0.0952. The van der Waals surface area contributed by atoms with Gasteiger partial charge in [0.25, 0.3) is 0 Å². The molecule has 6 heteroatoms. The van der Waals surface area contributed by atoms with Crippen molar-refractivity contribution in [3.63, 3.8) is 0 Å². The third kappa shape index (κ3) is 6.36. The predicted octanol–water partition coefficient (Wildman–Crippen LogP) is 3.75. The zero-order chi connectivity index (χ0) is 19.0. The molecule has 0 aliphatic rings. The lowest BCUT2D eigenvalue weighted by molar-refractivity contribution is 0.293. The third-order valence-corrected chi connectivity index (χ3v) is 4.79. The molecular formula is C21H20N2O3S. The highest BCUT2D eigenvalue weighted by molar-refractivity contribution is 7.92. The Morgan fingerprint density at radius 1 is 0.926 bits per heavy atom. The van der Waals surface area contributed by atoms with Crippen LogP contribution in [0.3, 0.4) is 0 Å². The minimum absolute atomic E-state index is 0.158. The standard InChI is InChI=1S/C21H20N2O3S/c24-27(25,14-12-18-7-3-1-4-8-18)23-16-20-11-13-22-21(15-20)26-17-19-9-5-2-6-10-19/h1-15,23H,16-17H2/b14-12+. The van der Waals surface area contributed by atoms with E-state index in [1.807, 2.05) is 60.7 Å². The van der Waals surface area contributed by atoms with Gasteiger partial charge in [-0.05, 0) is 28.8 Å². The van der Waals surface area contributed by atoms with Gasteiger partial charge in [0.05, 0.1) is 0 Å². The monoisotopic (exact) mass is 380 g/mol. The van der Waals surface area contributed by atoms with Crippen LogP contribution >= 0.6 is 0 Å². The summed E-state index contributed by atoms with van der Waals surface area (Å²) in [6.07, 6.45) is 3.16. The first-order chi connectivity index (χ1) is 13.1. The summed E-state index contributed by atoms with van der Waals surface area (Å²) >= 11 is 0. The number of nitrogens with one attached hydrogen (secondary N) is 1. The maximum atomic E-state index is 12.1. The Labute approximate surface area is 159 Å². The molecule has 3 rings (SSSR count). The maximum Gasteiger partial charge on any atom is 0.234 e. The molecule has 0 unspecified atom stereocenters. The maximum absolute atomic E-state index is 12.1. The van der Waals surface area contributed by atoms with Crippen LogP contribution < -0.4 is 9.46 Å². The van der Waals surface area contributed by atoms with E-state index in [4.69, 9.17) is 4.74 Å². The Bertz CT molecular complexity index is 988. The topological polar surface area (TPSA) is 68.3 Å². The van der Waals surface area contributed by atoms with E-state index in [2.05, 4.69) is 9.71 Å². The average molecular weight is 380 g/mol. The summed E-state index contributed by atoms with van der Waals surface area (Å²) in [6, 6.07) is 22.5. The lowest BCUT2D eigenvalue weighted by Gasteiger charge is -2.08. The SMILES string of the molecule is O=S(=O)(/C=C/c1ccccc1)NCc1ccnc(OCc2ccccc2)c1. The van der Waals surface area contributed by atoms with Crippen LogP contribution in [-0.4, -0.2) is 13.4 Å². The van der Waals surface area contributed by atoms with E-state index in [1.165, 1.54) is 0 Å². The molecular weight excluding hydrogens is 360 g/mol. The van der Waals surface area contributed by atoms with Crippen molar-refractivity contribution < 1.29 is 13.2 Å². The van der Waals surface area contributed by atoms with Gasteiger partial charge in [0.15, 0.2) is 0 Å². The molecule has 1 N–H and O–H groups in total. The molecule has 0 aliphatic carbocycles. The van der Waals surface area contributed by atoms with E-state index >= 15 is 0 Å². The molecule has 1 aromatic heterocycles. The van der Waals surface area contributed by atoms with Crippen molar-refractivity contribution in [1.29, 1.82) is 0 Å². The normalized spacial score (nSPS) is 11.6. The Morgan fingerprint density at radius 2 is 1.63 bits per heavy atom. The summed E-state index contributed by atoms with van der Waals surface area (Å²) in [5, 5.41) is 1.16. The van der Waals surface area contributed by atoms with Crippen LogP contribution in [0.25, 0.3) is 6.08 Å². The van der Waals surface area contributed by atoms with Crippen molar-refractivity contribution in [2.24, 2.45) is 0 Å².